The van der Waals surface area contributed by atoms with Gasteiger partial charge in [0.2, 0.25) is 23.6 Å². The van der Waals surface area contributed by atoms with Crippen LogP contribution < -0.4 is 44.6 Å². The third kappa shape index (κ3) is 17.4. The molecule has 0 bridgehead atoms. The predicted molar refractivity (Wildman–Crippen MR) is 199 cm³/mol. The van der Waals surface area contributed by atoms with Gasteiger partial charge in [-0.3, -0.25) is 29.2 Å². The predicted octanol–water partition coefficient (Wildman–Crippen LogP) is -0.931. The number of aliphatic imine (C=N–C) groups is 2. The third-order valence-electron chi connectivity index (χ3n) is 8.19. The maximum Gasteiger partial charge on any atom is 0.329 e. The minimum atomic E-state index is -1.27. The summed E-state index contributed by atoms with van der Waals surface area (Å²) in [6.45, 7) is 14.8. The van der Waals surface area contributed by atoms with Crippen LogP contribution in [0.15, 0.2) is 9.98 Å². The molecule has 4 amide bonds. The zero-order valence-electron chi connectivity index (χ0n) is 32.3. The molecular formula is C34H65N11O7. The summed E-state index contributed by atoms with van der Waals surface area (Å²) >= 11 is 0. The molecule has 1 fully saturated rings. The lowest BCUT2D eigenvalue weighted by atomic mass is 9.97. The minimum Gasteiger partial charge on any atom is -0.458 e. The first-order valence-electron chi connectivity index (χ1n) is 18.0. The van der Waals surface area contributed by atoms with Crippen molar-refractivity contribution in [3.8, 4) is 0 Å². The van der Waals surface area contributed by atoms with E-state index >= 15 is 0 Å². The van der Waals surface area contributed by atoms with Crippen molar-refractivity contribution in [1.82, 2.24) is 20.9 Å². The molecule has 1 heterocycles. The quantitative estimate of drug-likeness (QED) is 0.0325. The Morgan fingerprint density at radius 2 is 1.37 bits per heavy atom. The fraction of sp³-hybridized carbons (Fsp3) is 0.794. The summed E-state index contributed by atoms with van der Waals surface area (Å²) in [4.78, 5) is 77.2. The van der Waals surface area contributed by atoms with E-state index in [0.29, 0.717) is 45.2 Å². The first-order chi connectivity index (χ1) is 24.1. The molecule has 0 radical (unpaired) electrons. The van der Waals surface area contributed by atoms with Crippen LogP contribution in [0.4, 0.5) is 0 Å². The van der Waals surface area contributed by atoms with Gasteiger partial charge in [-0.2, -0.15) is 0 Å². The molecule has 0 unspecified atom stereocenters. The molecule has 18 nitrogen and oxygen atoms in total. The maximum atomic E-state index is 14.0. The van der Waals surface area contributed by atoms with Gasteiger partial charge in [-0.05, 0) is 86.0 Å². The topological polar surface area (TPSA) is 298 Å². The largest absolute Gasteiger partial charge is 0.458 e. The number of rotatable bonds is 20. The molecule has 52 heavy (non-hydrogen) atoms. The molecule has 1 saturated heterocycles. The van der Waals surface area contributed by atoms with E-state index in [-0.39, 0.29) is 43.8 Å². The molecule has 6 atom stereocenters. The van der Waals surface area contributed by atoms with E-state index in [4.69, 9.17) is 38.1 Å². The van der Waals surface area contributed by atoms with Gasteiger partial charge in [0.15, 0.2) is 11.9 Å². The Hall–Kier alpha value is -4.19. The van der Waals surface area contributed by atoms with Gasteiger partial charge >= 0.3 is 5.97 Å². The molecule has 13 N–H and O–H groups in total. The highest BCUT2D eigenvalue weighted by atomic mass is 16.6. The second-order valence-electron chi connectivity index (χ2n) is 15.1. The molecule has 0 aromatic heterocycles. The molecular weight excluding hydrogens is 674 g/mol. The lowest BCUT2D eigenvalue weighted by molar-refractivity contribution is -0.163. The Morgan fingerprint density at radius 1 is 0.808 bits per heavy atom. The number of likely N-dealkylation sites (tertiary alicyclic amines) is 1. The van der Waals surface area contributed by atoms with Gasteiger partial charge in [-0.25, -0.2) is 4.79 Å². The Balaban J connectivity index is 3.31. The van der Waals surface area contributed by atoms with Crippen LogP contribution in [0.3, 0.4) is 0 Å². The lowest BCUT2D eigenvalue weighted by Gasteiger charge is -2.32. The van der Waals surface area contributed by atoms with Gasteiger partial charge < -0.3 is 59.0 Å². The zero-order valence-corrected chi connectivity index (χ0v) is 32.3. The van der Waals surface area contributed by atoms with Gasteiger partial charge in [0.05, 0.1) is 18.2 Å². The zero-order chi connectivity index (χ0) is 39.8. The Bertz CT molecular complexity index is 1250. The normalized spacial score (nSPS) is 17.5. The molecule has 298 valence electrons. The van der Waals surface area contributed by atoms with Crippen LogP contribution >= 0.6 is 0 Å². The van der Waals surface area contributed by atoms with Crippen LogP contribution in [0.5, 0.6) is 0 Å². The second-order valence-corrected chi connectivity index (χ2v) is 15.1. The van der Waals surface area contributed by atoms with Crippen molar-refractivity contribution < 1.29 is 33.4 Å². The molecule has 0 saturated carbocycles. The monoisotopic (exact) mass is 740 g/mol. The molecule has 0 aromatic rings. The molecule has 0 aromatic carbocycles. The van der Waals surface area contributed by atoms with Crippen molar-refractivity contribution in [2.75, 3.05) is 26.2 Å². The summed E-state index contributed by atoms with van der Waals surface area (Å²) in [5, 5.41) is 8.25. The van der Waals surface area contributed by atoms with Gasteiger partial charge in [0, 0.05) is 19.6 Å². The van der Waals surface area contributed by atoms with Crippen molar-refractivity contribution >= 4 is 41.5 Å². The number of carbonyl (C=O) groups is 5. The van der Waals surface area contributed by atoms with E-state index in [0.717, 1.165) is 0 Å². The smallest absolute Gasteiger partial charge is 0.329 e. The van der Waals surface area contributed by atoms with Crippen LogP contribution in [0, 0.1) is 5.92 Å². The van der Waals surface area contributed by atoms with Crippen LogP contribution in [-0.2, 0) is 33.4 Å². The second kappa shape index (κ2) is 21.4. The van der Waals surface area contributed by atoms with Gasteiger partial charge in [0.25, 0.3) is 0 Å². The highest BCUT2D eigenvalue weighted by Crippen LogP contribution is 2.23. The van der Waals surface area contributed by atoms with E-state index in [1.54, 1.807) is 48.5 Å². The standard InChI is InChI=1S/C34H65N11O7/c1-9-20(2)25(44-26(46)21(35)13-10-16-40-31(36)37)28(48)43-23(19-51-33(3,4)5)27(47)42-22(14-11-17-41-32(38)39)29(49)45-18-12-15-24(45)30(50)52-34(6,7)8/h20-25H,9-19,35H2,1-8H3,(H,42,47)(H,43,48)(H,44,46)(H4,36,37,40)(H4,38,39,41)/t20-,21-,22-,23-,24-,25-/m0/s1. The number of guanidine groups is 2. The minimum absolute atomic E-state index is 0.0665. The van der Waals surface area contributed by atoms with E-state index in [1.807, 2.05) is 6.92 Å². The molecule has 1 aliphatic rings. The molecule has 18 heteroatoms. The fourth-order valence-corrected chi connectivity index (χ4v) is 5.27. The first-order valence-corrected chi connectivity index (χ1v) is 18.0. The maximum absolute atomic E-state index is 14.0. The van der Waals surface area contributed by atoms with Crippen molar-refractivity contribution in [1.29, 1.82) is 0 Å². The average Bonchev–Trinajstić information content (AvgIpc) is 3.53. The third-order valence-corrected chi connectivity index (χ3v) is 8.19. The van der Waals surface area contributed by atoms with Crippen LogP contribution in [0.25, 0.3) is 0 Å². The summed E-state index contributed by atoms with van der Waals surface area (Å²) in [5.41, 5.74) is 26.3. The van der Waals surface area contributed by atoms with E-state index in [9.17, 15) is 24.0 Å². The van der Waals surface area contributed by atoms with E-state index < -0.39 is 71.0 Å². The highest BCUT2D eigenvalue weighted by Gasteiger charge is 2.40. The van der Waals surface area contributed by atoms with Gasteiger partial charge in [0.1, 0.15) is 29.8 Å². The van der Waals surface area contributed by atoms with Crippen molar-refractivity contribution in [2.24, 2.45) is 44.6 Å². The molecule has 0 aliphatic carbocycles. The lowest BCUT2D eigenvalue weighted by Crippen LogP contribution is -2.60. The molecule has 1 aliphatic heterocycles. The highest BCUT2D eigenvalue weighted by molar-refractivity contribution is 5.96. The number of amides is 4. The van der Waals surface area contributed by atoms with Gasteiger partial charge in [-0.1, -0.05) is 20.3 Å². The Kier molecular flexibility index (Phi) is 18.8. The Labute approximate surface area is 308 Å². The van der Waals surface area contributed by atoms with Crippen LogP contribution in [-0.4, -0.2) is 114 Å². The number of hydrogen-bond donors (Lipinski definition) is 8. The molecule has 1 rings (SSSR count). The van der Waals surface area contributed by atoms with E-state index in [1.165, 1.54) is 4.90 Å². The molecule has 0 spiro atoms. The number of carbonyl (C=O) groups excluding carboxylic acids is 5. The number of hydrogen-bond acceptors (Lipinski definition) is 10. The summed E-state index contributed by atoms with van der Waals surface area (Å²) in [6, 6.07) is -5.15. The van der Waals surface area contributed by atoms with Gasteiger partial charge in [-0.15, -0.1) is 0 Å². The summed E-state index contributed by atoms with van der Waals surface area (Å²) in [6.07, 6.45) is 2.68. The van der Waals surface area contributed by atoms with Crippen molar-refractivity contribution in [3.63, 3.8) is 0 Å². The van der Waals surface area contributed by atoms with E-state index in [2.05, 4.69) is 25.9 Å². The summed E-state index contributed by atoms with van der Waals surface area (Å²) in [7, 11) is 0. The fourth-order valence-electron chi connectivity index (χ4n) is 5.27. The Morgan fingerprint density at radius 3 is 1.88 bits per heavy atom. The number of nitrogens with one attached hydrogen (secondary N) is 3. The summed E-state index contributed by atoms with van der Waals surface area (Å²) in [5.74, 6) is -3.41. The van der Waals surface area contributed by atoms with Crippen molar-refractivity contribution in [3.05, 3.63) is 0 Å². The SMILES string of the molecule is CC[C@H](C)[C@H](NC(=O)[C@@H](N)CCCN=C(N)N)C(=O)N[C@@H](COC(C)(C)C)C(=O)N[C@@H](CCCN=C(N)N)C(=O)N1CCC[C@H]1C(=O)OC(C)(C)C. The average molecular weight is 740 g/mol. The number of esters is 1. The van der Waals surface area contributed by atoms with Crippen LogP contribution in [0.1, 0.15) is 100 Å². The number of nitrogens with zero attached hydrogens (tertiary/aromatic N) is 3. The number of nitrogens with two attached hydrogens (primary N) is 5. The van der Waals surface area contributed by atoms with Crippen LogP contribution in [0.2, 0.25) is 0 Å². The number of ether oxygens (including phenoxy) is 2. The first kappa shape index (κ1) is 45.8. The summed E-state index contributed by atoms with van der Waals surface area (Å²) < 4.78 is 11.5. The van der Waals surface area contributed by atoms with Crippen molar-refractivity contribution in [2.45, 2.75) is 142 Å².